The monoisotopic (exact) mass is 452 g/mol. The molecule has 2 heterocycles. The number of nitrogens with zero attached hydrogens (tertiary/aromatic N) is 5. The number of hydrogen-bond acceptors (Lipinski definition) is 8. The Balaban J connectivity index is 1.34. The van der Waals surface area contributed by atoms with Crippen LogP contribution in [0.5, 0.6) is 5.75 Å². The second-order valence-corrected chi connectivity index (χ2v) is 6.94. The zero-order valence-electron chi connectivity index (χ0n) is 17.3. The number of aryl methyl sites for hydroxylation is 1. The number of halogens is 1. The summed E-state index contributed by atoms with van der Waals surface area (Å²) in [4.78, 5) is 26.7. The molecule has 0 spiro atoms. The van der Waals surface area contributed by atoms with E-state index in [0.29, 0.717) is 28.5 Å². The van der Waals surface area contributed by atoms with Crippen molar-refractivity contribution in [1.82, 2.24) is 19.9 Å². The van der Waals surface area contributed by atoms with Crippen LogP contribution in [0.4, 0.5) is 15.9 Å². The van der Waals surface area contributed by atoms with Crippen LogP contribution >= 0.6 is 0 Å². The van der Waals surface area contributed by atoms with Gasteiger partial charge in [0.2, 0.25) is 11.7 Å². The first-order chi connectivity index (χ1) is 15.9. The number of ether oxygens (including phenoxy) is 1. The van der Waals surface area contributed by atoms with Gasteiger partial charge in [-0.25, -0.2) is 4.39 Å². The van der Waals surface area contributed by atoms with Gasteiger partial charge in [0, 0.05) is 11.3 Å². The third kappa shape index (κ3) is 5.36. The van der Waals surface area contributed by atoms with E-state index in [1.165, 1.54) is 35.0 Å². The van der Waals surface area contributed by atoms with E-state index in [0.717, 1.165) is 0 Å². The van der Waals surface area contributed by atoms with Gasteiger partial charge >= 0.3 is 5.82 Å². The molecule has 1 amide bonds. The lowest BCUT2D eigenvalue weighted by Crippen LogP contribution is -2.20. The molecule has 0 saturated heterocycles. The summed E-state index contributed by atoms with van der Waals surface area (Å²) < 4.78 is 24.8. The van der Waals surface area contributed by atoms with Crippen molar-refractivity contribution in [2.24, 2.45) is 0 Å². The van der Waals surface area contributed by atoms with Gasteiger partial charge in [0.25, 0.3) is 5.89 Å². The molecule has 2 aromatic heterocycles. The Bertz CT molecular complexity index is 1280. The first-order valence-corrected chi connectivity index (χ1v) is 9.67. The molecule has 0 aliphatic rings. The molecular weight excluding hydrogens is 435 g/mol. The summed E-state index contributed by atoms with van der Waals surface area (Å²) in [6.07, 6.45) is 0. The molecule has 1 N–H and O–H groups in total. The number of aromatic nitrogens is 4. The third-order valence-electron chi connectivity index (χ3n) is 4.52. The molecule has 4 aromatic rings. The van der Waals surface area contributed by atoms with Crippen molar-refractivity contribution < 1.29 is 23.4 Å². The van der Waals surface area contributed by atoms with Crippen LogP contribution in [0.2, 0.25) is 0 Å². The van der Waals surface area contributed by atoms with E-state index < -0.39 is 4.92 Å². The molecule has 0 atom stereocenters. The smallest absolute Gasteiger partial charge is 0.390 e. The number of rotatable bonds is 8. The van der Waals surface area contributed by atoms with Crippen LogP contribution in [0.1, 0.15) is 11.6 Å². The summed E-state index contributed by atoms with van der Waals surface area (Å²) >= 11 is 0. The van der Waals surface area contributed by atoms with Crippen molar-refractivity contribution >= 4 is 17.4 Å². The van der Waals surface area contributed by atoms with Crippen molar-refractivity contribution in [3.05, 3.63) is 82.1 Å². The molecular formula is C21H17FN6O5. The number of carbonyl (C=O) groups is 1. The van der Waals surface area contributed by atoms with Gasteiger partial charge in [-0.05, 0) is 60.4 Å². The Kier molecular flexibility index (Phi) is 6.06. The number of benzene rings is 2. The lowest BCUT2D eigenvalue weighted by atomic mass is 10.2. The fourth-order valence-electron chi connectivity index (χ4n) is 2.89. The van der Waals surface area contributed by atoms with E-state index in [9.17, 15) is 19.3 Å². The number of carbonyl (C=O) groups excluding carboxylic acids is 1. The largest absolute Gasteiger partial charge is 0.484 e. The van der Waals surface area contributed by atoms with Gasteiger partial charge in [-0.15, -0.1) is 0 Å². The molecule has 0 fully saturated rings. The van der Waals surface area contributed by atoms with Crippen molar-refractivity contribution in [3.8, 4) is 17.1 Å². The van der Waals surface area contributed by atoms with Crippen LogP contribution in [0.3, 0.4) is 0 Å². The zero-order chi connectivity index (χ0) is 23.4. The number of nitrogens with one attached hydrogen (secondary N) is 1. The number of nitro groups is 1. The number of amides is 1. The Morgan fingerprint density at radius 1 is 1.21 bits per heavy atom. The van der Waals surface area contributed by atoms with Crippen LogP contribution in [0.25, 0.3) is 11.4 Å². The lowest BCUT2D eigenvalue weighted by molar-refractivity contribution is -0.389. The molecule has 168 valence electrons. The predicted molar refractivity (Wildman–Crippen MR) is 113 cm³/mol. The van der Waals surface area contributed by atoms with Crippen LogP contribution in [-0.4, -0.2) is 30.8 Å². The van der Waals surface area contributed by atoms with E-state index in [2.05, 4.69) is 20.6 Å². The standard InChI is InChI=1S/C21H17FN6O5/c1-13-10-18(28(30)31)25-27(13)11-19(29)23-16-6-2-14(3-7-16)21-24-20(33-26-21)12-32-17-8-4-15(22)5-9-17/h2-10H,11-12H2,1H3,(H,23,29). The Morgan fingerprint density at radius 2 is 1.94 bits per heavy atom. The molecule has 0 bridgehead atoms. The molecule has 0 aliphatic heterocycles. The van der Waals surface area contributed by atoms with Crippen molar-refractivity contribution in [3.63, 3.8) is 0 Å². The minimum atomic E-state index is -0.613. The fraction of sp³-hybridized carbons (Fsp3) is 0.143. The molecule has 0 aliphatic carbocycles. The van der Waals surface area contributed by atoms with Gasteiger partial charge in [0.05, 0.1) is 16.9 Å². The van der Waals surface area contributed by atoms with E-state index in [1.54, 1.807) is 31.2 Å². The Morgan fingerprint density at radius 3 is 2.61 bits per heavy atom. The highest BCUT2D eigenvalue weighted by Gasteiger charge is 2.17. The van der Waals surface area contributed by atoms with Gasteiger partial charge in [0.1, 0.15) is 18.1 Å². The van der Waals surface area contributed by atoms with E-state index in [-0.39, 0.29) is 36.6 Å². The fourth-order valence-corrected chi connectivity index (χ4v) is 2.89. The second kappa shape index (κ2) is 9.26. The van der Waals surface area contributed by atoms with E-state index in [4.69, 9.17) is 9.26 Å². The summed E-state index contributed by atoms with van der Waals surface area (Å²) in [5.74, 6) is -0.00465. The molecule has 0 unspecified atom stereocenters. The van der Waals surface area contributed by atoms with Gasteiger partial charge in [-0.3, -0.25) is 4.79 Å². The number of anilines is 1. The minimum Gasteiger partial charge on any atom is -0.484 e. The zero-order valence-corrected chi connectivity index (χ0v) is 17.3. The van der Waals surface area contributed by atoms with Gasteiger partial charge in [0.15, 0.2) is 6.61 Å². The average Bonchev–Trinajstić information content (AvgIpc) is 3.41. The molecule has 12 heteroatoms. The van der Waals surface area contributed by atoms with Crippen molar-refractivity contribution in [1.29, 1.82) is 0 Å². The van der Waals surface area contributed by atoms with Crippen LogP contribution < -0.4 is 10.1 Å². The quantitative estimate of drug-likeness (QED) is 0.317. The highest BCUT2D eigenvalue weighted by Crippen LogP contribution is 2.20. The van der Waals surface area contributed by atoms with Crippen molar-refractivity contribution in [2.45, 2.75) is 20.1 Å². The maximum Gasteiger partial charge on any atom is 0.390 e. The molecule has 33 heavy (non-hydrogen) atoms. The SMILES string of the molecule is Cc1cc([N+](=O)[O-])nn1CC(=O)Nc1ccc(-c2noc(COc3ccc(F)cc3)n2)cc1. The molecule has 0 saturated carbocycles. The van der Waals surface area contributed by atoms with Gasteiger partial charge < -0.3 is 24.7 Å². The maximum atomic E-state index is 12.9. The van der Waals surface area contributed by atoms with Crippen LogP contribution in [0.15, 0.2) is 59.1 Å². The molecule has 0 radical (unpaired) electrons. The highest BCUT2D eigenvalue weighted by atomic mass is 19.1. The molecule has 4 rings (SSSR count). The third-order valence-corrected chi connectivity index (χ3v) is 4.52. The first-order valence-electron chi connectivity index (χ1n) is 9.67. The minimum absolute atomic E-state index is 0.0256. The summed E-state index contributed by atoms with van der Waals surface area (Å²) in [6.45, 7) is 1.49. The maximum absolute atomic E-state index is 12.9. The Hall–Kier alpha value is -4.61. The van der Waals surface area contributed by atoms with Crippen molar-refractivity contribution in [2.75, 3.05) is 5.32 Å². The lowest BCUT2D eigenvalue weighted by Gasteiger charge is -2.05. The van der Waals surface area contributed by atoms with E-state index >= 15 is 0 Å². The predicted octanol–water partition coefficient (Wildman–Crippen LogP) is 3.51. The normalized spacial score (nSPS) is 10.7. The molecule has 11 nitrogen and oxygen atoms in total. The van der Waals surface area contributed by atoms with Gasteiger partial charge in [-0.2, -0.15) is 9.67 Å². The van der Waals surface area contributed by atoms with Crippen LogP contribution in [-0.2, 0) is 17.9 Å². The summed E-state index contributed by atoms with van der Waals surface area (Å²) in [7, 11) is 0. The topological polar surface area (TPSA) is 138 Å². The summed E-state index contributed by atoms with van der Waals surface area (Å²) in [5, 5.41) is 21.2. The number of hydrogen-bond donors (Lipinski definition) is 1. The summed E-state index contributed by atoms with van der Waals surface area (Å²) in [6, 6.07) is 13.6. The molecule has 2 aromatic carbocycles. The van der Waals surface area contributed by atoms with Gasteiger partial charge in [-0.1, -0.05) is 5.16 Å². The highest BCUT2D eigenvalue weighted by molar-refractivity contribution is 5.90. The average molecular weight is 452 g/mol. The Labute approximate surface area is 185 Å². The van der Waals surface area contributed by atoms with E-state index in [1.807, 2.05) is 0 Å². The summed E-state index contributed by atoms with van der Waals surface area (Å²) in [5.41, 5.74) is 1.68. The second-order valence-electron chi connectivity index (χ2n) is 6.94. The first kappa shape index (κ1) is 21.6. The van der Waals surface area contributed by atoms with Crippen LogP contribution in [0, 0.1) is 22.9 Å².